The van der Waals surface area contributed by atoms with Crippen LogP contribution < -0.4 is 0 Å². The fourth-order valence-electron chi connectivity index (χ4n) is 2.78. The van der Waals surface area contributed by atoms with Crippen LogP contribution in [0.2, 0.25) is 0 Å². The van der Waals surface area contributed by atoms with Crippen molar-refractivity contribution >= 4 is 11.8 Å². The minimum Gasteiger partial charge on any atom is -0.378 e. The van der Waals surface area contributed by atoms with Crippen molar-refractivity contribution in [2.75, 3.05) is 32.8 Å². The van der Waals surface area contributed by atoms with E-state index in [4.69, 9.17) is 4.74 Å². The van der Waals surface area contributed by atoms with E-state index in [9.17, 15) is 9.59 Å². The van der Waals surface area contributed by atoms with Crippen LogP contribution in [-0.4, -0.2) is 60.5 Å². The van der Waals surface area contributed by atoms with Crippen molar-refractivity contribution in [3.05, 3.63) is 0 Å². The van der Waals surface area contributed by atoms with Crippen LogP contribution in [0, 0.1) is 5.92 Å². The molecule has 2 heterocycles. The van der Waals surface area contributed by atoms with Crippen LogP contribution in [0.4, 0.5) is 0 Å². The highest BCUT2D eigenvalue weighted by Gasteiger charge is 2.36. The van der Waals surface area contributed by atoms with Crippen LogP contribution >= 0.6 is 0 Å². The Morgan fingerprint density at radius 2 is 1.89 bits per heavy atom. The molecule has 2 rings (SSSR count). The van der Waals surface area contributed by atoms with Crippen molar-refractivity contribution in [1.29, 1.82) is 0 Å². The summed E-state index contributed by atoms with van der Waals surface area (Å²) in [7, 11) is 0. The number of carbonyl (C=O) groups excluding carboxylic acids is 2. The van der Waals surface area contributed by atoms with Crippen LogP contribution in [0.1, 0.15) is 33.1 Å². The number of carbonyl (C=O) groups is 2. The second-order valence-corrected chi connectivity index (χ2v) is 5.78. The maximum Gasteiger partial charge on any atom is 0.245 e. The Bertz CT molecular complexity index is 338. The van der Waals surface area contributed by atoms with Crippen LogP contribution in [-0.2, 0) is 14.3 Å². The minimum absolute atomic E-state index is 0.109. The van der Waals surface area contributed by atoms with Gasteiger partial charge in [-0.15, -0.1) is 0 Å². The lowest BCUT2D eigenvalue weighted by Crippen LogP contribution is -2.51. The molecular formula is C14H24N2O3. The molecule has 0 aromatic heterocycles. The Morgan fingerprint density at radius 3 is 2.53 bits per heavy atom. The summed E-state index contributed by atoms with van der Waals surface area (Å²) in [5.41, 5.74) is 0. The van der Waals surface area contributed by atoms with Crippen molar-refractivity contribution in [2.24, 2.45) is 5.92 Å². The second-order valence-electron chi connectivity index (χ2n) is 5.78. The lowest BCUT2D eigenvalue weighted by molar-refractivity contribution is -0.146. The molecule has 2 aliphatic rings. The van der Waals surface area contributed by atoms with E-state index in [1.165, 1.54) is 0 Å². The molecule has 2 aliphatic heterocycles. The highest BCUT2D eigenvalue weighted by Crippen LogP contribution is 2.22. The Labute approximate surface area is 114 Å². The molecule has 0 N–H and O–H groups in total. The van der Waals surface area contributed by atoms with Gasteiger partial charge >= 0.3 is 0 Å². The van der Waals surface area contributed by atoms with E-state index < -0.39 is 0 Å². The molecule has 2 fully saturated rings. The van der Waals surface area contributed by atoms with E-state index in [-0.39, 0.29) is 17.9 Å². The monoisotopic (exact) mass is 268 g/mol. The first kappa shape index (κ1) is 14.3. The predicted octanol–water partition coefficient (Wildman–Crippen LogP) is 0.882. The maximum atomic E-state index is 12.5. The first-order chi connectivity index (χ1) is 9.09. The Morgan fingerprint density at radius 1 is 1.21 bits per heavy atom. The van der Waals surface area contributed by atoms with Gasteiger partial charge in [-0.25, -0.2) is 0 Å². The van der Waals surface area contributed by atoms with Gasteiger partial charge in [0.15, 0.2) is 0 Å². The molecule has 0 radical (unpaired) electrons. The number of morpholine rings is 1. The topological polar surface area (TPSA) is 49.9 Å². The van der Waals surface area contributed by atoms with Gasteiger partial charge in [0, 0.05) is 26.1 Å². The number of nitrogens with zero attached hydrogens (tertiary/aromatic N) is 2. The lowest BCUT2D eigenvalue weighted by Gasteiger charge is -2.32. The van der Waals surface area contributed by atoms with Gasteiger partial charge < -0.3 is 14.5 Å². The molecule has 0 aliphatic carbocycles. The molecule has 0 saturated carbocycles. The van der Waals surface area contributed by atoms with E-state index in [1.54, 1.807) is 4.90 Å². The van der Waals surface area contributed by atoms with E-state index >= 15 is 0 Å². The van der Waals surface area contributed by atoms with E-state index in [0.29, 0.717) is 38.6 Å². The second kappa shape index (κ2) is 6.37. The van der Waals surface area contributed by atoms with Crippen molar-refractivity contribution in [3.63, 3.8) is 0 Å². The average Bonchev–Trinajstić information content (AvgIpc) is 2.87. The third-order valence-corrected chi connectivity index (χ3v) is 3.76. The van der Waals surface area contributed by atoms with Gasteiger partial charge in [0.2, 0.25) is 11.8 Å². The van der Waals surface area contributed by atoms with E-state index in [2.05, 4.69) is 0 Å². The molecular weight excluding hydrogens is 244 g/mol. The van der Waals surface area contributed by atoms with E-state index in [0.717, 1.165) is 19.4 Å². The zero-order valence-corrected chi connectivity index (χ0v) is 11.9. The third kappa shape index (κ3) is 3.47. The zero-order chi connectivity index (χ0) is 13.8. The summed E-state index contributed by atoms with van der Waals surface area (Å²) < 4.78 is 5.27. The minimum atomic E-state index is -0.232. The molecule has 1 atom stereocenters. The van der Waals surface area contributed by atoms with Crippen LogP contribution in [0.3, 0.4) is 0 Å². The third-order valence-electron chi connectivity index (χ3n) is 3.76. The van der Waals surface area contributed by atoms with Gasteiger partial charge in [-0.1, -0.05) is 13.8 Å². The zero-order valence-electron chi connectivity index (χ0n) is 11.9. The normalized spacial score (nSPS) is 24.1. The number of hydrogen-bond donors (Lipinski definition) is 0. The molecule has 5 heteroatoms. The summed E-state index contributed by atoms with van der Waals surface area (Å²) in [5, 5.41) is 0. The summed E-state index contributed by atoms with van der Waals surface area (Å²) in [6.45, 7) is 7.33. The van der Waals surface area contributed by atoms with Crippen molar-refractivity contribution in [1.82, 2.24) is 9.80 Å². The fourth-order valence-corrected chi connectivity index (χ4v) is 2.78. The molecule has 108 valence electrons. The van der Waals surface area contributed by atoms with Gasteiger partial charge in [0.05, 0.1) is 13.2 Å². The standard InChI is InChI=1S/C14H24N2O3/c1-11(2)10-13(17)16-5-3-4-12(16)14(18)15-6-8-19-9-7-15/h11-12H,3-10H2,1-2H3/t12-/m0/s1. The molecule has 19 heavy (non-hydrogen) atoms. The van der Waals surface area contributed by atoms with Gasteiger partial charge in [0.25, 0.3) is 0 Å². The van der Waals surface area contributed by atoms with E-state index in [1.807, 2.05) is 18.7 Å². The van der Waals surface area contributed by atoms with Gasteiger partial charge in [-0.05, 0) is 18.8 Å². The Balaban J connectivity index is 1.97. The van der Waals surface area contributed by atoms with Crippen LogP contribution in [0.25, 0.3) is 0 Å². The molecule has 0 bridgehead atoms. The van der Waals surface area contributed by atoms with Crippen molar-refractivity contribution in [2.45, 2.75) is 39.2 Å². The highest BCUT2D eigenvalue weighted by molar-refractivity contribution is 5.88. The van der Waals surface area contributed by atoms with Crippen LogP contribution in [0.15, 0.2) is 0 Å². The molecule has 0 aromatic rings. The van der Waals surface area contributed by atoms with Gasteiger partial charge in [0.1, 0.15) is 6.04 Å². The predicted molar refractivity (Wildman–Crippen MR) is 71.6 cm³/mol. The fraction of sp³-hybridized carbons (Fsp3) is 0.857. The Hall–Kier alpha value is -1.10. The number of rotatable bonds is 3. The smallest absolute Gasteiger partial charge is 0.245 e. The van der Waals surface area contributed by atoms with Crippen molar-refractivity contribution < 1.29 is 14.3 Å². The summed E-state index contributed by atoms with van der Waals surface area (Å²) in [6.07, 6.45) is 2.28. The average molecular weight is 268 g/mol. The SMILES string of the molecule is CC(C)CC(=O)N1CCC[C@H]1C(=O)N1CCOCC1. The summed E-state index contributed by atoms with van der Waals surface area (Å²) >= 11 is 0. The number of ether oxygens (including phenoxy) is 1. The number of hydrogen-bond acceptors (Lipinski definition) is 3. The quantitative estimate of drug-likeness (QED) is 0.763. The van der Waals surface area contributed by atoms with Crippen molar-refractivity contribution in [3.8, 4) is 0 Å². The number of amides is 2. The Kier molecular flexibility index (Phi) is 4.80. The molecule has 0 spiro atoms. The van der Waals surface area contributed by atoms with Gasteiger partial charge in [-0.2, -0.15) is 0 Å². The lowest BCUT2D eigenvalue weighted by atomic mass is 10.1. The summed E-state index contributed by atoms with van der Waals surface area (Å²) in [4.78, 5) is 28.3. The summed E-state index contributed by atoms with van der Waals surface area (Å²) in [6, 6.07) is -0.232. The largest absolute Gasteiger partial charge is 0.378 e. The molecule has 0 unspecified atom stereocenters. The van der Waals surface area contributed by atoms with Gasteiger partial charge in [-0.3, -0.25) is 9.59 Å². The molecule has 2 saturated heterocycles. The molecule has 0 aromatic carbocycles. The molecule has 5 nitrogen and oxygen atoms in total. The van der Waals surface area contributed by atoms with Crippen LogP contribution in [0.5, 0.6) is 0 Å². The first-order valence-electron chi connectivity index (χ1n) is 7.25. The molecule has 2 amide bonds. The number of likely N-dealkylation sites (tertiary alicyclic amines) is 1. The first-order valence-corrected chi connectivity index (χ1v) is 7.25. The maximum absolute atomic E-state index is 12.5. The highest BCUT2D eigenvalue weighted by atomic mass is 16.5. The summed E-state index contributed by atoms with van der Waals surface area (Å²) in [5.74, 6) is 0.573.